The summed E-state index contributed by atoms with van der Waals surface area (Å²) < 4.78 is 31.3. The summed E-state index contributed by atoms with van der Waals surface area (Å²) in [7, 11) is -1.87. The molecular weight excluding hydrogens is 248 g/mol. The third-order valence-corrected chi connectivity index (χ3v) is 5.39. The SMILES string of the molecule is COC1(CNS(=O)(=O)C(C)C(N)=S)CCC1. The van der Waals surface area contributed by atoms with E-state index in [9.17, 15) is 8.42 Å². The van der Waals surface area contributed by atoms with Crippen LogP contribution in [0.1, 0.15) is 26.2 Å². The lowest BCUT2D eigenvalue weighted by molar-refractivity contribution is -0.0659. The molecule has 16 heavy (non-hydrogen) atoms. The molecule has 0 aromatic rings. The minimum absolute atomic E-state index is 0.0208. The maximum atomic E-state index is 11.7. The van der Waals surface area contributed by atoms with Crippen LogP contribution in [-0.4, -0.2) is 37.9 Å². The number of thiocarbonyl (C=S) groups is 1. The summed E-state index contributed by atoms with van der Waals surface area (Å²) in [5.41, 5.74) is 4.99. The van der Waals surface area contributed by atoms with Crippen LogP contribution in [0, 0.1) is 0 Å². The van der Waals surface area contributed by atoms with Gasteiger partial charge in [-0.15, -0.1) is 0 Å². The minimum atomic E-state index is -3.48. The van der Waals surface area contributed by atoms with E-state index in [-0.39, 0.29) is 10.6 Å². The Bertz CT molecular complexity index is 357. The van der Waals surface area contributed by atoms with Crippen LogP contribution in [0.25, 0.3) is 0 Å². The molecule has 5 nitrogen and oxygen atoms in total. The predicted octanol–water partition coefficient (Wildman–Crippen LogP) is 0.150. The van der Waals surface area contributed by atoms with Gasteiger partial charge < -0.3 is 10.5 Å². The summed E-state index contributed by atoms with van der Waals surface area (Å²) in [6.07, 6.45) is 2.83. The molecule has 7 heteroatoms. The molecule has 0 aromatic carbocycles. The zero-order valence-corrected chi connectivity index (χ0v) is 11.2. The van der Waals surface area contributed by atoms with E-state index < -0.39 is 15.3 Å². The molecule has 1 fully saturated rings. The monoisotopic (exact) mass is 266 g/mol. The largest absolute Gasteiger partial charge is 0.392 e. The lowest BCUT2D eigenvalue weighted by Gasteiger charge is -2.40. The Balaban J connectivity index is 2.57. The molecule has 3 N–H and O–H groups in total. The van der Waals surface area contributed by atoms with Gasteiger partial charge in [0.1, 0.15) is 5.25 Å². The van der Waals surface area contributed by atoms with Crippen molar-refractivity contribution in [3.63, 3.8) is 0 Å². The van der Waals surface area contributed by atoms with Gasteiger partial charge in [0.2, 0.25) is 10.0 Å². The van der Waals surface area contributed by atoms with Gasteiger partial charge in [-0.05, 0) is 26.2 Å². The molecule has 1 aliphatic carbocycles. The average Bonchev–Trinajstić information content (AvgIpc) is 2.15. The number of nitrogens with one attached hydrogen (secondary N) is 1. The molecular formula is C9H18N2O3S2. The first-order valence-corrected chi connectivity index (χ1v) is 7.11. The van der Waals surface area contributed by atoms with Gasteiger partial charge in [-0.25, -0.2) is 13.1 Å². The lowest BCUT2D eigenvalue weighted by atomic mass is 9.80. The Kier molecular flexibility index (Phi) is 4.28. The molecule has 1 unspecified atom stereocenters. The van der Waals surface area contributed by atoms with Gasteiger partial charge in [-0.1, -0.05) is 12.2 Å². The van der Waals surface area contributed by atoms with Crippen LogP contribution in [0.15, 0.2) is 0 Å². The third-order valence-electron chi connectivity index (χ3n) is 3.16. The fraction of sp³-hybridized carbons (Fsp3) is 0.889. The summed E-state index contributed by atoms with van der Waals surface area (Å²) in [5, 5.41) is -0.850. The summed E-state index contributed by atoms with van der Waals surface area (Å²) in [6.45, 7) is 1.77. The maximum absolute atomic E-state index is 11.7. The van der Waals surface area contributed by atoms with Crippen molar-refractivity contribution >= 4 is 27.2 Å². The predicted molar refractivity (Wildman–Crippen MR) is 66.8 cm³/mol. The van der Waals surface area contributed by atoms with E-state index in [1.54, 1.807) is 7.11 Å². The second-order valence-corrected chi connectivity index (χ2v) is 6.71. The molecule has 1 saturated carbocycles. The Hall–Kier alpha value is -0.240. The van der Waals surface area contributed by atoms with E-state index in [4.69, 9.17) is 10.5 Å². The molecule has 1 atom stereocenters. The smallest absolute Gasteiger partial charge is 0.220 e. The molecule has 0 saturated heterocycles. The molecule has 0 aromatic heterocycles. The molecule has 94 valence electrons. The number of methoxy groups -OCH3 is 1. The van der Waals surface area contributed by atoms with Crippen LogP contribution in [0.3, 0.4) is 0 Å². The van der Waals surface area contributed by atoms with E-state index in [0.717, 1.165) is 19.3 Å². The third kappa shape index (κ3) is 2.91. The van der Waals surface area contributed by atoms with Crippen molar-refractivity contribution in [3.8, 4) is 0 Å². The first kappa shape index (κ1) is 13.8. The summed E-state index contributed by atoms with van der Waals surface area (Å²) in [4.78, 5) is -0.0208. The number of sulfonamides is 1. The zero-order chi connectivity index (χ0) is 12.4. The van der Waals surface area contributed by atoms with E-state index in [0.29, 0.717) is 6.54 Å². The van der Waals surface area contributed by atoms with E-state index in [1.165, 1.54) is 6.92 Å². The number of ether oxygens (including phenoxy) is 1. The van der Waals surface area contributed by atoms with Crippen molar-refractivity contribution in [2.75, 3.05) is 13.7 Å². The first-order valence-electron chi connectivity index (χ1n) is 5.16. The van der Waals surface area contributed by atoms with Crippen LogP contribution in [0.4, 0.5) is 0 Å². The van der Waals surface area contributed by atoms with Gasteiger partial charge in [0.05, 0.1) is 10.6 Å². The standard InChI is InChI=1S/C9H18N2O3S2/c1-7(8(10)15)16(12,13)11-6-9(14-2)4-3-5-9/h7,11H,3-6H2,1-2H3,(H2,10,15). The van der Waals surface area contributed by atoms with Crippen LogP contribution in [-0.2, 0) is 14.8 Å². The number of rotatable bonds is 6. The van der Waals surface area contributed by atoms with Gasteiger partial charge in [0.15, 0.2) is 0 Å². The molecule has 0 bridgehead atoms. The van der Waals surface area contributed by atoms with Crippen molar-refractivity contribution in [2.24, 2.45) is 5.73 Å². The van der Waals surface area contributed by atoms with Crippen molar-refractivity contribution in [3.05, 3.63) is 0 Å². The molecule has 0 amide bonds. The second-order valence-electron chi connectivity index (χ2n) is 4.15. The Morgan fingerprint density at radius 1 is 1.62 bits per heavy atom. The van der Waals surface area contributed by atoms with Gasteiger partial charge in [0, 0.05) is 13.7 Å². The van der Waals surface area contributed by atoms with Crippen molar-refractivity contribution in [1.29, 1.82) is 0 Å². The number of hydrogen-bond donors (Lipinski definition) is 2. The van der Waals surface area contributed by atoms with Crippen LogP contribution in [0.2, 0.25) is 0 Å². The summed E-state index contributed by atoms with van der Waals surface area (Å²) in [6, 6.07) is 0. The fourth-order valence-electron chi connectivity index (χ4n) is 1.53. The highest BCUT2D eigenvalue weighted by Crippen LogP contribution is 2.34. The Morgan fingerprint density at radius 3 is 2.50 bits per heavy atom. The minimum Gasteiger partial charge on any atom is -0.392 e. The average molecular weight is 266 g/mol. The van der Waals surface area contributed by atoms with E-state index in [2.05, 4.69) is 16.9 Å². The van der Waals surface area contributed by atoms with Crippen LogP contribution in [0.5, 0.6) is 0 Å². The van der Waals surface area contributed by atoms with Crippen molar-refractivity contribution in [2.45, 2.75) is 37.0 Å². The molecule has 0 aliphatic heterocycles. The highest BCUT2D eigenvalue weighted by atomic mass is 32.2. The van der Waals surface area contributed by atoms with Crippen molar-refractivity contribution < 1.29 is 13.2 Å². The number of nitrogens with two attached hydrogens (primary N) is 1. The lowest BCUT2D eigenvalue weighted by Crippen LogP contribution is -2.51. The molecule has 0 radical (unpaired) electrons. The summed E-state index contributed by atoms with van der Waals surface area (Å²) in [5.74, 6) is 0. The quantitative estimate of drug-likeness (QED) is 0.669. The van der Waals surface area contributed by atoms with Crippen LogP contribution >= 0.6 is 12.2 Å². The highest BCUT2D eigenvalue weighted by molar-refractivity contribution is 7.93. The first-order chi connectivity index (χ1) is 7.33. The second kappa shape index (κ2) is 4.95. The van der Waals surface area contributed by atoms with Crippen LogP contribution < -0.4 is 10.5 Å². The number of hydrogen-bond acceptors (Lipinski definition) is 4. The van der Waals surface area contributed by atoms with Gasteiger partial charge in [-0.2, -0.15) is 0 Å². The van der Waals surface area contributed by atoms with Gasteiger partial charge >= 0.3 is 0 Å². The molecule has 0 spiro atoms. The van der Waals surface area contributed by atoms with Gasteiger partial charge in [-0.3, -0.25) is 0 Å². The molecule has 1 aliphatic rings. The van der Waals surface area contributed by atoms with Gasteiger partial charge in [0.25, 0.3) is 0 Å². The van der Waals surface area contributed by atoms with E-state index >= 15 is 0 Å². The fourth-order valence-corrected chi connectivity index (χ4v) is 2.93. The molecule has 1 rings (SSSR count). The highest BCUT2D eigenvalue weighted by Gasteiger charge is 2.38. The zero-order valence-electron chi connectivity index (χ0n) is 9.52. The topological polar surface area (TPSA) is 81.4 Å². The Morgan fingerprint density at radius 2 is 2.19 bits per heavy atom. The normalized spacial score (nSPS) is 21.1. The van der Waals surface area contributed by atoms with Crippen molar-refractivity contribution in [1.82, 2.24) is 4.72 Å². The molecule has 0 heterocycles. The summed E-state index contributed by atoms with van der Waals surface area (Å²) >= 11 is 4.67. The maximum Gasteiger partial charge on any atom is 0.220 e. The Labute approximate surface area is 102 Å². The van der Waals surface area contributed by atoms with E-state index in [1.807, 2.05) is 0 Å².